The predicted molar refractivity (Wildman–Crippen MR) is 73.0 cm³/mol. The average Bonchev–Trinajstić information content (AvgIpc) is 2.35. The summed E-state index contributed by atoms with van der Waals surface area (Å²) in [6, 6.07) is 3.52. The summed E-state index contributed by atoms with van der Waals surface area (Å²) >= 11 is 4.69. The number of ether oxygens (including phenoxy) is 1. The molecule has 9 heteroatoms. The standard InChI is InChI=1S/C11H10F2N2O3S2/c1-2-6-15-20(16,17)8-5-3-4-7(18-11(12)13)9(8)10(14)19/h1,3-5,11,15H,6H2,(H2,14,19). The third-order valence-corrected chi connectivity index (χ3v) is 3.75. The molecule has 3 N–H and O–H groups in total. The van der Waals surface area contributed by atoms with E-state index in [4.69, 9.17) is 24.4 Å². The Kier molecular flexibility index (Phi) is 5.38. The molecule has 0 bridgehead atoms. The molecule has 0 atom stereocenters. The third-order valence-electron chi connectivity index (χ3n) is 2.10. The molecule has 0 fully saturated rings. The van der Waals surface area contributed by atoms with Gasteiger partial charge in [0.1, 0.15) is 10.7 Å². The fourth-order valence-electron chi connectivity index (χ4n) is 1.39. The molecule has 0 saturated carbocycles. The van der Waals surface area contributed by atoms with Gasteiger partial charge in [-0.25, -0.2) is 8.42 Å². The van der Waals surface area contributed by atoms with Crippen LogP contribution in [0.1, 0.15) is 5.56 Å². The number of nitrogens with two attached hydrogens (primary N) is 1. The van der Waals surface area contributed by atoms with Crippen molar-refractivity contribution in [3.8, 4) is 18.1 Å². The first kappa shape index (κ1) is 16.3. The van der Waals surface area contributed by atoms with Gasteiger partial charge in [0.15, 0.2) is 0 Å². The molecule has 0 unspecified atom stereocenters. The highest BCUT2D eigenvalue weighted by molar-refractivity contribution is 7.89. The minimum atomic E-state index is -4.04. The van der Waals surface area contributed by atoms with E-state index in [1.54, 1.807) is 0 Å². The topological polar surface area (TPSA) is 81.4 Å². The second kappa shape index (κ2) is 6.60. The van der Waals surface area contributed by atoms with Gasteiger partial charge in [-0.15, -0.1) is 6.42 Å². The Labute approximate surface area is 120 Å². The Balaban J connectivity index is 3.41. The van der Waals surface area contributed by atoms with Crippen LogP contribution in [0.5, 0.6) is 5.75 Å². The first-order valence-corrected chi connectivity index (χ1v) is 6.99. The first-order chi connectivity index (χ1) is 9.29. The van der Waals surface area contributed by atoms with Crippen LogP contribution >= 0.6 is 12.2 Å². The summed E-state index contributed by atoms with van der Waals surface area (Å²) < 4.78 is 54.9. The molecule has 0 radical (unpaired) electrons. The molecule has 0 heterocycles. The normalized spacial score (nSPS) is 11.1. The minimum Gasteiger partial charge on any atom is -0.434 e. The van der Waals surface area contributed by atoms with E-state index >= 15 is 0 Å². The first-order valence-electron chi connectivity index (χ1n) is 5.10. The van der Waals surface area contributed by atoms with Crippen molar-refractivity contribution in [2.75, 3.05) is 6.54 Å². The van der Waals surface area contributed by atoms with Gasteiger partial charge in [-0.2, -0.15) is 13.5 Å². The van der Waals surface area contributed by atoms with Crippen molar-refractivity contribution in [1.29, 1.82) is 0 Å². The lowest BCUT2D eigenvalue weighted by Gasteiger charge is -2.14. The molecule has 0 aliphatic heterocycles. The lowest BCUT2D eigenvalue weighted by molar-refractivity contribution is -0.0501. The number of benzene rings is 1. The molecule has 1 aromatic carbocycles. The number of terminal acetylenes is 1. The highest BCUT2D eigenvalue weighted by Gasteiger charge is 2.24. The molecule has 108 valence electrons. The van der Waals surface area contributed by atoms with Gasteiger partial charge >= 0.3 is 6.61 Å². The van der Waals surface area contributed by atoms with Gasteiger partial charge in [0.05, 0.1) is 17.0 Å². The zero-order chi connectivity index (χ0) is 15.3. The van der Waals surface area contributed by atoms with E-state index in [-0.39, 0.29) is 22.0 Å². The van der Waals surface area contributed by atoms with Gasteiger partial charge in [0.25, 0.3) is 0 Å². The molecular weight excluding hydrogens is 310 g/mol. The van der Waals surface area contributed by atoms with E-state index in [2.05, 4.69) is 15.4 Å². The second-order valence-electron chi connectivity index (χ2n) is 3.40. The van der Waals surface area contributed by atoms with Crippen LogP contribution in [0, 0.1) is 12.3 Å². The van der Waals surface area contributed by atoms with Crippen molar-refractivity contribution >= 4 is 27.2 Å². The van der Waals surface area contributed by atoms with Gasteiger partial charge < -0.3 is 10.5 Å². The number of sulfonamides is 1. The van der Waals surface area contributed by atoms with E-state index in [1.165, 1.54) is 6.07 Å². The van der Waals surface area contributed by atoms with Crippen molar-refractivity contribution in [3.63, 3.8) is 0 Å². The second-order valence-corrected chi connectivity index (χ2v) is 5.58. The lowest BCUT2D eigenvalue weighted by atomic mass is 10.2. The van der Waals surface area contributed by atoms with Crippen LogP contribution in [0.25, 0.3) is 0 Å². The maximum atomic E-state index is 12.3. The van der Waals surface area contributed by atoms with Crippen molar-refractivity contribution in [3.05, 3.63) is 23.8 Å². The summed E-state index contributed by atoms with van der Waals surface area (Å²) in [6.45, 7) is -3.40. The van der Waals surface area contributed by atoms with Crippen LogP contribution in [0.15, 0.2) is 23.1 Å². The Bertz CT molecular complexity index is 654. The highest BCUT2D eigenvalue weighted by atomic mass is 32.2. The number of alkyl halides is 2. The molecule has 20 heavy (non-hydrogen) atoms. The van der Waals surface area contributed by atoms with E-state index in [0.717, 1.165) is 12.1 Å². The van der Waals surface area contributed by atoms with Gasteiger partial charge in [0.2, 0.25) is 10.0 Å². The number of rotatable bonds is 6. The van der Waals surface area contributed by atoms with Crippen molar-refractivity contribution < 1.29 is 21.9 Å². The molecule has 0 aromatic heterocycles. The van der Waals surface area contributed by atoms with Crippen molar-refractivity contribution in [2.45, 2.75) is 11.5 Å². The van der Waals surface area contributed by atoms with Crippen LogP contribution in [0.2, 0.25) is 0 Å². The van der Waals surface area contributed by atoms with Crippen LogP contribution < -0.4 is 15.2 Å². The average molecular weight is 320 g/mol. The summed E-state index contributed by atoms with van der Waals surface area (Å²) in [5.74, 6) is 1.66. The Hall–Kier alpha value is -1.76. The van der Waals surface area contributed by atoms with Crippen LogP contribution in [0.4, 0.5) is 8.78 Å². The summed E-state index contributed by atoms with van der Waals surface area (Å²) in [4.78, 5) is -0.763. The quantitative estimate of drug-likeness (QED) is 0.599. The summed E-state index contributed by atoms with van der Waals surface area (Å²) in [6.07, 6.45) is 4.96. The third kappa shape index (κ3) is 3.86. The molecular formula is C11H10F2N2O3S2. The predicted octanol–water partition coefficient (Wildman–Crippen LogP) is 0.834. The summed E-state index contributed by atoms with van der Waals surface area (Å²) in [7, 11) is -4.04. The number of nitrogens with one attached hydrogen (secondary N) is 1. The Morgan fingerprint density at radius 1 is 1.55 bits per heavy atom. The lowest BCUT2D eigenvalue weighted by Crippen LogP contribution is -2.27. The zero-order valence-corrected chi connectivity index (χ0v) is 11.6. The largest absolute Gasteiger partial charge is 0.434 e. The number of halogens is 2. The molecule has 0 aliphatic carbocycles. The smallest absolute Gasteiger partial charge is 0.387 e. The summed E-state index contributed by atoms with van der Waals surface area (Å²) in [5.41, 5.74) is 5.09. The minimum absolute atomic E-state index is 0.265. The maximum absolute atomic E-state index is 12.3. The molecule has 0 spiro atoms. The van der Waals surface area contributed by atoms with Gasteiger partial charge in [0, 0.05) is 0 Å². The van der Waals surface area contributed by atoms with Crippen molar-refractivity contribution in [1.82, 2.24) is 4.72 Å². The van der Waals surface area contributed by atoms with E-state index in [0.29, 0.717) is 0 Å². The van der Waals surface area contributed by atoms with Gasteiger partial charge in [-0.3, -0.25) is 0 Å². The van der Waals surface area contributed by atoms with E-state index in [9.17, 15) is 17.2 Å². The molecule has 1 aromatic rings. The SMILES string of the molecule is C#CCNS(=O)(=O)c1cccc(OC(F)F)c1C(N)=S. The molecule has 5 nitrogen and oxygen atoms in total. The van der Waals surface area contributed by atoms with Crippen LogP contribution in [-0.2, 0) is 10.0 Å². The molecule has 1 rings (SSSR count). The number of hydrogen-bond donors (Lipinski definition) is 2. The van der Waals surface area contributed by atoms with Crippen molar-refractivity contribution in [2.24, 2.45) is 5.73 Å². The Morgan fingerprint density at radius 2 is 2.20 bits per heavy atom. The summed E-state index contributed by atoms with van der Waals surface area (Å²) in [5, 5.41) is 0. The van der Waals surface area contributed by atoms with E-state index < -0.39 is 22.4 Å². The zero-order valence-electron chi connectivity index (χ0n) is 9.97. The maximum Gasteiger partial charge on any atom is 0.387 e. The monoisotopic (exact) mass is 320 g/mol. The Morgan fingerprint density at radius 3 is 2.70 bits per heavy atom. The van der Waals surface area contributed by atoms with Gasteiger partial charge in [-0.05, 0) is 12.1 Å². The van der Waals surface area contributed by atoms with Gasteiger partial charge in [-0.1, -0.05) is 24.2 Å². The fourth-order valence-corrected chi connectivity index (χ4v) is 2.83. The molecule has 0 aliphatic rings. The number of thiocarbonyl (C=S) groups is 1. The van der Waals surface area contributed by atoms with E-state index in [1.807, 2.05) is 0 Å². The highest BCUT2D eigenvalue weighted by Crippen LogP contribution is 2.27. The molecule has 0 saturated heterocycles. The molecule has 0 amide bonds. The number of hydrogen-bond acceptors (Lipinski definition) is 4. The van der Waals surface area contributed by atoms with Crippen LogP contribution in [-0.4, -0.2) is 26.6 Å². The van der Waals surface area contributed by atoms with Crippen LogP contribution in [0.3, 0.4) is 0 Å². The fraction of sp³-hybridized carbons (Fsp3) is 0.182.